The molecule has 5 heteroatoms. The van der Waals surface area contributed by atoms with Gasteiger partial charge in [0.2, 0.25) is 0 Å². The van der Waals surface area contributed by atoms with Gasteiger partial charge in [-0.25, -0.2) is 18.7 Å². The van der Waals surface area contributed by atoms with Gasteiger partial charge in [0.15, 0.2) is 11.6 Å². The lowest BCUT2D eigenvalue weighted by molar-refractivity contribution is 0.515. The van der Waals surface area contributed by atoms with Crippen LogP contribution in [0, 0.1) is 18.6 Å². The van der Waals surface area contributed by atoms with E-state index in [4.69, 9.17) is 5.73 Å². The van der Waals surface area contributed by atoms with Crippen LogP contribution >= 0.6 is 0 Å². The van der Waals surface area contributed by atoms with Gasteiger partial charge in [0.1, 0.15) is 5.52 Å². The molecule has 0 amide bonds. The summed E-state index contributed by atoms with van der Waals surface area (Å²) in [5, 5.41) is 0. The molecule has 0 aliphatic heterocycles. The lowest BCUT2D eigenvalue weighted by atomic mass is 10.0. The van der Waals surface area contributed by atoms with Crippen LogP contribution in [0.5, 0.6) is 0 Å². The molecule has 3 rings (SSSR count). The van der Waals surface area contributed by atoms with Crippen LogP contribution in [0.1, 0.15) is 11.3 Å². The summed E-state index contributed by atoms with van der Waals surface area (Å²) in [5.74, 6) is -1.94. The Morgan fingerprint density at radius 1 is 1.05 bits per heavy atom. The van der Waals surface area contributed by atoms with E-state index in [0.717, 1.165) is 17.2 Å². The topological polar surface area (TPSA) is 51.8 Å². The molecule has 0 atom stereocenters. The van der Waals surface area contributed by atoms with Gasteiger partial charge in [-0.15, -0.1) is 0 Å². The van der Waals surface area contributed by atoms with E-state index in [2.05, 4.69) is 9.97 Å². The standard InChI is InChI=1S/C16H13F2N3/c1-9-4-2-3-5-10(9)15-13(8-19)21-16-12(20-15)7-6-11(17)14(16)18/h2-7H,8,19H2,1H3. The molecule has 0 unspecified atom stereocenters. The van der Waals surface area contributed by atoms with Crippen molar-refractivity contribution < 1.29 is 8.78 Å². The van der Waals surface area contributed by atoms with Crippen LogP contribution in [0.15, 0.2) is 36.4 Å². The molecule has 3 nitrogen and oxygen atoms in total. The lowest BCUT2D eigenvalue weighted by Crippen LogP contribution is -2.06. The minimum atomic E-state index is -0.994. The average Bonchev–Trinajstić information content (AvgIpc) is 2.50. The molecule has 0 bridgehead atoms. The number of hydrogen-bond donors (Lipinski definition) is 1. The molecule has 1 heterocycles. The van der Waals surface area contributed by atoms with Gasteiger partial charge in [0, 0.05) is 12.1 Å². The van der Waals surface area contributed by atoms with E-state index in [9.17, 15) is 8.78 Å². The van der Waals surface area contributed by atoms with Crippen LogP contribution in [-0.2, 0) is 6.54 Å². The second kappa shape index (κ2) is 5.18. The minimum absolute atomic E-state index is 0.0900. The summed E-state index contributed by atoms with van der Waals surface area (Å²) in [7, 11) is 0. The van der Waals surface area contributed by atoms with Gasteiger partial charge in [0.25, 0.3) is 0 Å². The first-order chi connectivity index (χ1) is 10.1. The molecular formula is C16H13F2N3. The molecule has 2 N–H and O–H groups in total. The Morgan fingerprint density at radius 3 is 2.52 bits per heavy atom. The fraction of sp³-hybridized carbons (Fsp3) is 0.125. The zero-order chi connectivity index (χ0) is 15.0. The number of fused-ring (bicyclic) bond motifs is 1. The van der Waals surface area contributed by atoms with E-state index in [0.29, 0.717) is 16.9 Å². The van der Waals surface area contributed by atoms with Gasteiger partial charge in [-0.2, -0.15) is 0 Å². The highest BCUT2D eigenvalue weighted by atomic mass is 19.2. The quantitative estimate of drug-likeness (QED) is 0.785. The van der Waals surface area contributed by atoms with E-state index in [-0.39, 0.29) is 12.1 Å². The van der Waals surface area contributed by atoms with Crippen LogP contribution in [-0.4, -0.2) is 9.97 Å². The van der Waals surface area contributed by atoms with E-state index < -0.39 is 11.6 Å². The predicted octanol–water partition coefficient (Wildman–Crippen LogP) is 3.34. The Bertz CT molecular complexity index is 831. The fourth-order valence-electron chi connectivity index (χ4n) is 2.30. The van der Waals surface area contributed by atoms with Gasteiger partial charge in [0.05, 0.1) is 16.9 Å². The van der Waals surface area contributed by atoms with Gasteiger partial charge in [-0.1, -0.05) is 24.3 Å². The molecule has 0 saturated heterocycles. The summed E-state index contributed by atoms with van der Waals surface area (Å²) < 4.78 is 27.1. The van der Waals surface area contributed by atoms with E-state index in [1.807, 2.05) is 31.2 Å². The summed E-state index contributed by atoms with van der Waals surface area (Å²) in [6.07, 6.45) is 0. The monoisotopic (exact) mass is 285 g/mol. The summed E-state index contributed by atoms with van der Waals surface area (Å²) >= 11 is 0. The maximum absolute atomic E-state index is 13.8. The first-order valence-corrected chi connectivity index (χ1v) is 6.52. The number of nitrogens with zero attached hydrogens (tertiary/aromatic N) is 2. The Kier molecular flexibility index (Phi) is 3.35. The SMILES string of the molecule is Cc1ccccc1-c1nc2ccc(F)c(F)c2nc1CN. The number of halogens is 2. The van der Waals surface area contributed by atoms with Crippen LogP contribution in [0.25, 0.3) is 22.3 Å². The smallest absolute Gasteiger partial charge is 0.186 e. The number of rotatable bonds is 2. The van der Waals surface area contributed by atoms with Gasteiger partial charge in [-0.3, -0.25) is 0 Å². The van der Waals surface area contributed by atoms with Gasteiger partial charge in [-0.05, 0) is 24.6 Å². The molecule has 106 valence electrons. The largest absolute Gasteiger partial charge is 0.325 e. The highest BCUT2D eigenvalue weighted by Crippen LogP contribution is 2.27. The lowest BCUT2D eigenvalue weighted by Gasteiger charge is -2.11. The zero-order valence-corrected chi connectivity index (χ0v) is 11.4. The summed E-state index contributed by atoms with van der Waals surface area (Å²) in [6.45, 7) is 2.05. The van der Waals surface area contributed by atoms with Crippen molar-refractivity contribution in [1.29, 1.82) is 0 Å². The van der Waals surface area contributed by atoms with Crippen molar-refractivity contribution in [2.75, 3.05) is 0 Å². The molecule has 0 spiro atoms. The molecule has 0 aliphatic carbocycles. The summed E-state index contributed by atoms with van der Waals surface area (Å²) in [4.78, 5) is 8.60. The molecule has 21 heavy (non-hydrogen) atoms. The first-order valence-electron chi connectivity index (χ1n) is 6.52. The van der Waals surface area contributed by atoms with E-state index >= 15 is 0 Å². The normalized spacial score (nSPS) is 11.0. The second-order valence-corrected chi connectivity index (χ2v) is 4.77. The van der Waals surface area contributed by atoms with E-state index in [1.165, 1.54) is 6.07 Å². The van der Waals surface area contributed by atoms with Crippen molar-refractivity contribution in [1.82, 2.24) is 9.97 Å². The Hall–Kier alpha value is -2.40. The maximum Gasteiger partial charge on any atom is 0.186 e. The molecule has 0 radical (unpaired) electrons. The van der Waals surface area contributed by atoms with Crippen molar-refractivity contribution in [2.24, 2.45) is 5.73 Å². The highest BCUT2D eigenvalue weighted by molar-refractivity contribution is 5.79. The molecule has 2 aromatic carbocycles. The van der Waals surface area contributed by atoms with Crippen molar-refractivity contribution in [2.45, 2.75) is 13.5 Å². The molecule has 3 aromatic rings. The summed E-state index contributed by atoms with van der Waals surface area (Å²) in [5.41, 5.74) is 8.87. The molecule has 1 aromatic heterocycles. The third-order valence-corrected chi connectivity index (χ3v) is 3.39. The minimum Gasteiger partial charge on any atom is -0.325 e. The third-order valence-electron chi connectivity index (χ3n) is 3.39. The average molecular weight is 285 g/mol. The summed E-state index contributed by atoms with van der Waals surface area (Å²) in [6, 6.07) is 10.1. The Balaban J connectivity index is 2.34. The highest BCUT2D eigenvalue weighted by Gasteiger charge is 2.15. The van der Waals surface area contributed by atoms with Crippen molar-refractivity contribution in [3.05, 3.63) is 59.3 Å². The second-order valence-electron chi connectivity index (χ2n) is 4.77. The van der Waals surface area contributed by atoms with Gasteiger partial charge >= 0.3 is 0 Å². The number of hydrogen-bond acceptors (Lipinski definition) is 3. The van der Waals surface area contributed by atoms with Gasteiger partial charge < -0.3 is 5.73 Å². The number of aromatic nitrogens is 2. The Morgan fingerprint density at radius 2 is 1.81 bits per heavy atom. The predicted molar refractivity (Wildman–Crippen MR) is 77.5 cm³/mol. The molecule has 0 fully saturated rings. The first kappa shape index (κ1) is 13.6. The number of nitrogens with two attached hydrogens (primary N) is 1. The molecular weight excluding hydrogens is 272 g/mol. The van der Waals surface area contributed by atoms with E-state index in [1.54, 1.807) is 0 Å². The number of aryl methyl sites for hydroxylation is 1. The van der Waals surface area contributed by atoms with Crippen molar-refractivity contribution in [3.8, 4) is 11.3 Å². The third kappa shape index (κ3) is 2.25. The number of benzene rings is 2. The fourth-order valence-corrected chi connectivity index (χ4v) is 2.30. The Labute approximate surface area is 120 Å². The van der Waals surface area contributed by atoms with Crippen LogP contribution in [0.4, 0.5) is 8.78 Å². The van der Waals surface area contributed by atoms with Crippen LogP contribution in [0.2, 0.25) is 0 Å². The molecule has 0 saturated carbocycles. The van der Waals surface area contributed by atoms with Crippen molar-refractivity contribution >= 4 is 11.0 Å². The zero-order valence-electron chi connectivity index (χ0n) is 11.4. The van der Waals surface area contributed by atoms with Crippen molar-refractivity contribution in [3.63, 3.8) is 0 Å². The van der Waals surface area contributed by atoms with Crippen LogP contribution < -0.4 is 5.73 Å². The maximum atomic E-state index is 13.8. The van der Waals surface area contributed by atoms with Crippen LogP contribution in [0.3, 0.4) is 0 Å². The molecule has 0 aliphatic rings.